The molecule has 3 aromatic rings. The van der Waals surface area contributed by atoms with Gasteiger partial charge >= 0.3 is 0 Å². The number of nitrogens with zero attached hydrogens (tertiary/aromatic N) is 1. The van der Waals surface area contributed by atoms with Crippen LogP contribution in [0.3, 0.4) is 0 Å². The van der Waals surface area contributed by atoms with Crippen molar-refractivity contribution >= 4 is 11.6 Å². The standard InChI is InChI=1S/C18H15N3O4/c22-14-4-2-1-3-13(14)20-18(23)12-10-19-21-17(12)11-5-6-15-16(9-11)25-8-7-24-15/h1-6,9-10,22H,7-8H2,(H,19,21)(H,20,23). The Balaban J connectivity index is 1.64. The Kier molecular flexibility index (Phi) is 3.74. The van der Waals surface area contributed by atoms with Gasteiger partial charge in [0.15, 0.2) is 11.5 Å². The van der Waals surface area contributed by atoms with Crippen LogP contribution in [0.25, 0.3) is 11.3 Å². The molecule has 2 aromatic carbocycles. The van der Waals surface area contributed by atoms with Crippen LogP contribution in [0.5, 0.6) is 17.2 Å². The van der Waals surface area contributed by atoms with Gasteiger partial charge in [0.1, 0.15) is 19.0 Å². The number of benzene rings is 2. The van der Waals surface area contributed by atoms with E-state index in [4.69, 9.17) is 9.47 Å². The number of fused-ring (bicyclic) bond motifs is 1. The fraction of sp³-hybridized carbons (Fsp3) is 0.111. The van der Waals surface area contributed by atoms with Crippen molar-refractivity contribution in [2.24, 2.45) is 0 Å². The smallest absolute Gasteiger partial charge is 0.259 e. The van der Waals surface area contributed by atoms with Crippen molar-refractivity contribution in [3.05, 3.63) is 54.2 Å². The molecule has 25 heavy (non-hydrogen) atoms. The first-order valence-corrected chi connectivity index (χ1v) is 7.75. The number of phenolic OH excluding ortho intramolecular Hbond substituents is 1. The van der Waals surface area contributed by atoms with Gasteiger partial charge in [0.05, 0.1) is 23.1 Å². The summed E-state index contributed by atoms with van der Waals surface area (Å²) in [6, 6.07) is 12.0. The number of amides is 1. The van der Waals surface area contributed by atoms with Crippen LogP contribution in [0.15, 0.2) is 48.7 Å². The van der Waals surface area contributed by atoms with Gasteiger partial charge in [-0.1, -0.05) is 12.1 Å². The average molecular weight is 337 g/mol. The zero-order valence-electron chi connectivity index (χ0n) is 13.2. The Labute approximate surface area is 143 Å². The number of carbonyl (C=O) groups is 1. The van der Waals surface area contributed by atoms with E-state index in [1.54, 1.807) is 30.3 Å². The van der Waals surface area contributed by atoms with Crippen LogP contribution in [0.1, 0.15) is 10.4 Å². The summed E-state index contributed by atoms with van der Waals surface area (Å²) in [6.45, 7) is 1.00. The number of aromatic hydroxyl groups is 1. The van der Waals surface area contributed by atoms with Crippen LogP contribution >= 0.6 is 0 Å². The zero-order chi connectivity index (χ0) is 17.2. The number of ether oxygens (including phenoxy) is 2. The first-order valence-electron chi connectivity index (χ1n) is 7.75. The highest BCUT2D eigenvalue weighted by molar-refractivity contribution is 6.08. The molecule has 0 saturated carbocycles. The van der Waals surface area contributed by atoms with E-state index in [-0.39, 0.29) is 11.7 Å². The Hall–Kier alpha value is -3.48. The molecule has 0 spiro atoms. The molecule has 4 rings (SSSR count). The van der Waals surface area contributed by atoms with Gasteiger partial charge in [-0.05, 0) is 30.3 Å². The van der Waals surface area contributed by atoms with Crippen molar-refractivity contribution in [2.45, 2.75) is 0 Å². The maximum Gasteiger partial charge on any atom is 0.259 e. The van der Waals surface area contributed by atoms with Gasteiger partial charge in [-0.2, -0.15) is 5.10 Å². The summed E-state index contributed by atoms with van der Waals surface area (Å²) in [5.41, 5.74) is 2.01. The highest BCUT2D eigenvalue weighted by atomic mass is 16.6. The van der Waals surface area contributed by atoms with Crippen LogP contribution < -0.4 is 14.8 Å². The van der Waals surface area contributed by atoms with Gasteiger partial charge < -0.3 is 19.9 Å². The predicted molar refractivity (Wildman–Crippen MR) is 91.1 cm³/mol. The summed E-state index contributed by atoms with van der Waals surface area (Å²) in [5.74, 6) is 0.931. The predicted octanol–water partition coefficient (Wildman–Crippen LogP) is 2.81. The second-order valence-corrected chi connectivity index (χ2v) is 5.49. The van der Waals surface area contributed by atoms with Crippen molar-refractivity contribution in [1.29, 1.82) is 0 Å². The highest BCUT2D eigenvalue weighted by Gasteiger charge is 2.19. The lowest BCUT2D eigenvalue weighted by Crippen LogP contribution is -2.15. The van der Waals surface area contributed by atoms with Crippen LogP contribution in [-0.2, 0) is 0 Å². The molecule has 126 valence electrons. The van der Waals surface area contributed by atoms with Gasteiger partial charge in [0.2, 0.25) is 0 Å². The summed E-state index contributed by atoms with van der Waals surface area (Å²) >= 11 is 0. The minimum atomic E-state index is -0.375. The molecule has 2 heterocycles. The summed E-state index contributed by atoms with van der Waals surface area (Å²) in [4.78, 5) is 12.6. The molecule has 0 atom stereocenters. The van der Waals surface area contributed by atoms with E-state index in [0.29, 0.717) is 41.7 Å². The molecule has 0 unspecified atom stereocenters. The van der Waals surface area contributed by atoms with E-state index in [1.165, 1.54) is 12.3 Å². The molecule has 0 saturated heterocycles. The number of rotatable bonds is 3. The number of anilines is 1. The molecular weight excluding hydrogens is 322 g/mol. The number of nitrogens with one attached hydrogen (secondary N) is 2. The minimum Gasteiger partial charge on any atom is -0.506 e. The quantitative estimate of drug-likeness (QED) is 0.639. The first kappa shape index (κ1) is 15.1. The third-order valence-electron chi connectivity index (χ3n) is 3.87. The number of aromatic nitrogens is 2. The number of phenols is 1. The topological polar surface area (TPSA) is 96.5 Å². The molecule has 0 bridgehead atoms. The lowest BCUT2D eigenvalue weighted by atomic mass is 10.1. The van der Waals surface area contributed by atoms with Crippen molar-refractivity contribution in [3.63, 3.8) is 0 Å². The number of hydrogen-bond donors (Lipinski definition) is 3. The van der Waals surface area contributed by atoms with E-state index in [9.17, 15) is 9.90 Å². The van der Waals surface area contributed by atoms with Gasteiger partial charge in [-0.15, -0.1) is 0 Å². The van der Waals surface area contributed by atoms with Gasteiger partial charge in [0.25, 0.3) is 5.91 Å². The summed E-state index contributed by atoms with van der Waals surface area (Å²) in [7, 11) is 0. The zero-order valence-corrected chi connectivity index (χ0v) is 13.2. The lowest BCUT2D eigenvalue weighted by Gasteiger charge is -2.18. The average Bonchev–Trinajstić information content (AvgIpc) is 3.13. The first-order chi connectivity index (χ1) is 12.2. The summed E-state index contributed by atoms with van der Waals surface area (Å²) in [5, 5.41) is 19.3. The van der Waals surface area contributed by atoms with Crippen LogP contribution in [-0.4, -0.2) is 34.4 Å². The summed E-state index contributed by atoms with van der Waals surface area (Å²) < 4.78 is 11.1. The Morgan fingerprint density at radius 2 is 1.92 bits per heavy atom. The van der Waals surface area contributed by atoms with E-state index in [2.05, 4.69) is 15.5 Å². The second-order valence-electron chi connectivity index (χ2n) is 5.49. The molecule has 1 amide bonds. The fourth-order valence-corrected chi connectivity index (χ4v) is 2.65. The molecular formula is C18H15N3O4. The van der Waals surface area contributed by atoms with Gasteiger partial charge in [-0.3, -0.25) is 9.89 Å². The minimum absolute atomic E-state index is 0.000208. The largest absolute Gasteiger partial charge is 0.506 e. The number of aromatic amines is 1. The second kappa shape index (κ2) is 6.20. The third-order valence-corrected chi connectivity index (χ3v) is 3.87. The highest BCUT2D eigenvalue weighted by Crippen LogP contribution is 2.35. The van der Waals surface area contributed by atoms with Crippen molar-refractivity contribution < 1.29 is 19.4 Å². The van der Waals surface area contributed by atoms with E-state index in [1.807, 2.05) is 6.07 Å². The van der Waals surface area contributed by atoms with Crippen LogP contribution in [0.4, 0.5) is 5.69 Å². The van der Waals surface area contributed by atoms with E-state index >= 15 is 0 Å². The van der Waals surface area contributed by atoms with E-state index in [0.717, 1.165) is 5.56 Å². The van der Waals surface area contributed by atoms with Gasteiger partial charge in [-0.25, -0.2) is 0 Å². The molecule has 1 aliphatic rings. The van der Waals surface area contributed by atoms with Crippen LogP contribution in [0.2, 0.25) is 0 Å². The maximum absolute atomic E-state index is 12.6. The lowest BCUT2D eigenvalue weighted by molar-refractivity contribution is 0.102. The van der Waals surface area contributed by atoms with Crippen LogP contribution in [0, 0.1) is 0 Å². The molecule has 0 aliphatic carbocycles. The van der Waals surface area contributed by atoms with Gasteiger partial charge in [0, 0.05) is 5.56 Å². The molecule has 0 radical (unpaired) electrons. The van der Waals surface area contributed by atoms with Crippen molar-refractivity contribution in [3.8, 4) is 28.5 Å². The van der Waals surface area contributed by atoms with Crippen molar-refractivity contribution in [2.75, 3.05) is 18.5 Å². The molecule has 1 aliphatic heterocycles. The molecule has 7 heteroatoms. The molecule has 3 N–H and O–H groups in total. The SMILES string of the molecule is O=C(Nc1ccccc1O)c1cn[nH]c1-c1ccc2c(c1)OCCO2. The maximum atomic E-state index is 12.6. The Morgan fingerprint density at radius 1 is 1.12 bits per heavy atom. The number of H-pyrrole nitrogens is 1. The molecule has 0 fully saturated rings. The van der Waals surface area contributed by atoms with Crippen molar-refractivity contribution in [1.82, 2.24) is 10.2 Å². The number of hydrogen-bond acceptors (Lipinski definition) is 5. The Bertz CT molecular complexity index is 936. The fourth-order valence-electron chi connectivity index (χ4n) is 2.65. The molecule has 1 aromatic heterocycles. The number of carbonyl (C=O) groups excluding carboxylic acids is 1. The molecule has 7 nitrogen and oxygen atoms in total. The third kappa shape index (κ3) is 2.87. The Morgan fingerprint density at radius 3 is 2.76 bits per heavy atom. The van der Waals surface area contributed by atoms with E-state index < -0.39 is 0 Å². The normalized spacial score (nSPS) is 12.6. The summed E-state index contributed by atoms with van der Waals surface area (Å²) in [6.07, 6.45) is 1.45. The number of para-hydroxylation sites is 2. The monoisotopic (exact) mass is 337 g/mol.